The van der Waals surface area contributed by atoms with Crippen LogP contribution >= 0.6 is 12.4 Å². The fraction of sp³-hybridized carbons (Fsp3) is 0.636. The molecular weight excluding hydrogens is 374 g/mol. The molecule has 0 spiro atoms. The van der Waals surface area contributed by atoms with Gasteiger partial charge in [-0.15, -0.1) is 12.4 Å². The molecule has 2 aliphatic heterocycles. The summed E-state index contributed by atoms with van der Waals surface area (Å²) in [4.78, 5) is 30.7. The molecule has 1 aromatic rings. The van der Waals surface area contributed by atoms with E-state index in [4.69, 9.17) is 5.73 Å². The van der Waals surface area contributed by atoms with Gasteiger partial charge in [0, 0.05) is 36.8 Å². The van der Waals surface area contributed by atoms with Crippen LogP contribution in [-0.4, -0.2) is 41.9 Å². The zero-order valence-corrected chi connectivity index (χ0v) is 17.5. The number of piperidine rings is 1. The minimum atomic E-state index is -0.196. The van der Waals surface area contributed by atoms with Gasteiger partial charge >= 0.3 is 0 Å². The third kappa shape index (κ3) is 3.92. The number of carbonyl (C=O) groups is 2. The minimum absolute atomic E-state index is 0. The van der Waals surface area contributed by atoms with Crippen LogP contribution in [0, 0.1) is 11.8 Å². The van der Waals surface area contributed by atoms with E-state index < -0.39 is 0 Å². The highest BCUT2D eigenvalue weighted by Crippen LogP contribution is 2.38. The van der Waals surface area contributed by atoms with Crippen molar-refractivity contribution >= 4 is 29.9 Å². The van der Waals surface area contributed by atoms with Crippen LogP contribution < -0.4 is 10.6 Å². The smallest absolute Gasteiger partial charge is 0.231 e. The summed E-state index contributed by atoms with van der Waals surface area (Å²) >= 11 is 0. The van der Waals surface area contributed by atoms with Crippen molar-refractivity contribution in [2.75, 3.05) is 18.0 Å². The lowest BCUT2D eigenvalue weighted by Gasteiger charge is -2.39. The number of nitrogens with two attached hydrogens (primary N) is 1. The molecule has 1 aromatic carbocycles. The Hall–Kier alpha value is -1.59. The van der Waals surface area contributed by atoms with Crippen molar-refractivity contribution in [2.24, 2.45) is 17.6 Å². The summed E-state index contributed by atoms with van der Waals surface area (Å²) < 4.78 is 0. The second kappa shape index (κ2) is 8.83. The Morgan fingerprint density at radius 3 is 2.39 bits per heavy atom. The molecule has 1 saturated heterocycles. The van der Waals surface area contributed by atoms with Gasteiger partial charge in [-0.3, -0.25) is 9.59 Å². The number of carbonyl (C=O) groups excluding carboxylic acids is 2. The fourth-order valence-corrected chi connectivity index (χ4v) is 5.25. The van der Waals surface area contributed by atoms with Crippen molar-refractivity contribution < 1.29 is 9.59 Å². The molecule has 4 atom stereocenters. The van der Waals surface area contributed by atoms with Gasteiger partial charge < -0.3 is 15.5 Å². The van der Waals surface area contributed by atoms with Crippen molar-refractivity contribution in [3.8, 4) is 0 Å². The standard InChI is InChI=1S/C22H31N3O2.ClH/c1-15-13-16-7-2-5-11-20(16)25(15)22(27)19-10-4-3-9-18(19)21(26)24-12-6-8-17(23)14-24;/h2,5,7,11,15,17-19H,3-4,6,8-10,12-14,23H2,1H3;1H. The Kier molecular flexibility index (Phi) is 6.66. The van der Waals surface area contributed by atoms with E-state index in [1.807, 2.05) is 28.0 Å². The molecule has 154 valence electrons. The number of amides is 2. The fourth-order valence-electron chi connectivity index (χ4n) is 5.25. The molecule has 0 radical (unpaired) electrons. The number of rotatable bonds is 2. The molecule has 2 heterocycles. The Balaban J connectivity index is 0.00000225. The van der Waals surface area contributed by atoms with Crippen LogP contribution in [0.3, 0.4) is 0 Å². The van der Waals surface area contributed by atoms with Crippen molar-refractivity contribution in [1.29, 1.82) is 0 Å². The Labute approximate surface area is 174 Å². The Morgan fingerprint density at radius 2 is 1.68 bits per heavy atom. The van der Waals surface area contributed by atoms with Crippen molar-refractivity contribution in [1.82, 2.24) is 4.90 Å². The monoisotopic (exact) mass is 405 g/mol. The van der Waals surface area contributed by atoms with E-state index in [1.54, 1.807) is 0 Å². The van der Waals surface area contributed by atoms with Gasteiger partial charge in [-0.1, -0.05) is 31.0 Å². The normalized spacial score (nSPS) is 29.8. The Bertz CT molecular complexity index is 725. The summed E-state index contributed by atoms with van der Waals surface area (Å²) in [6.07, 6.45) is 6.56. The first-order valence-electron chi connectivity index (χ1n) is 10.5. The van der Waals surface area contributed by atoms with E-state index in [0.717, 1.165) is 57.2 Å². The highest BCUT2D eigenvalue weighted by Gasteiger charge is 2.43. The summed E-state index contributed by atoms with van der Waals surface area (Å²) in [5, 5.41) is 0. The van der Waals surface area contributed by atoms with Gasteiger partial charge in [0.25, 0.3) is 0 Å². The number of para-hydroxylation sites is 1. The second-order valence-corrected chi connectivity index (χ2v) is 8.57. The first kappa shape index (κ1) is 21.1. The van der Waals surface area contributed by atoms with E-state index in [1.165, 1.54) is 5.56 Å². The van der Waals surface area contributed by atoms with E-state index in [0.29, 0.717) is 6.54 Å². The average molecular weight is 406 g/mol. The molecule has 2 fully saturated rings. The maximum absolute atomic E-state index is 13.6. The molecule has 1 saturated carbocycles. The topological polar surface area (TPSA) is 66.6 Å². The van der Waals surface area contributed by atoms with Gasteiger partial charge in [0.15, 0.2) is 0 Å². The number of hydrogen-bond acceptors (Lipinski definition) is 3. The highest BCUT2D eigenvalue weighted by atomic mass is 35.5. The van der Waals surface area contributed by atoms with Crippen LogP contribution in [-0.2, 0) is 16.0 Å². The Morgan fingerprint density at radius 1 is 1.00 bits per heavy atom. The summed E-state index contributed by atoms with van der Waals surface area (Å²) in [5.41, 5.74) is 8.36. The maximum atomic E-state index is 13.6. The van der Waals surface area contributed by atoms with Crippen LogP contribution in [0.1, 0.15) is 51.0 Å². The van der Waals surface area contributed by atoms with Crippen LogP contribution in [0.15, 0.2) is 24.3 Å². The molecule has 2 N–H and O–H groups in total. The van der Waals surface area contributed by atoms with Crippen molar-refractivity contribution in [3.05, 3.63) is 29.8 Å². The molecule has 5 nitrogen and oxygen atoms in total. The van der Waals surface area contributed by atoms with Crippen LogP contribution in [0.5, 0.6) is 0 Å². The largest absolute Gasteiger partial charge is 0.341 e. The molecule has 0 aromatic heterocycles. The van der Waals surface area contributed by atoms with Gasteiger partial charge in [0.05, 0.1) is 5.92 Å². The third-order valence-electron chi connectivity index (χ3n) is 6.61. The van der Waals surface area contributed by atoms with Crippen LogP contribution in [0.2, 0.25) is 0 Å². The lowest BCUT2D eigenvalue weighted by Crippen LogP contribution is -2.52. The molecule has 4 unspecified atom stereocenters. The molecule has 1 aliphatic carbocycles. The van der Waals surface area contributed by atoms with Crippen molar-refractivity contribution in [2.45, 2.75) is 64.0 Å². The first-order valence-corrected chi connectivity index (χ1v) is 10.5. The zero-order valence-electron chi connectivity index (χ0n) is 16.7. The lowest BCUT2D eigenvalue weighted by molar-refractivity contribution is -0.144. The summed E-state index contributed by atoms with van der Waals surface area (Å²) in [5.74, 6) is -0.0790. The predicted molar refractivity (Wildman–Crippen MR) is 114 cm³/mol. The molecule has 0 bridgehead atoms. The molecule has 2 amide bonds. The number of fused-ring (bicyclic) bond motifs is 1. The number of anilines is 1. The predicted octanol–water partition coefficient (Wildman–Crippen LogP) is 3.14. The average Bonchev–Trinajstić information content (AvgIpc) is 3.02. The summed E-state index contributed by atoms with van der Waals surface area (Å²) in [6, 6.07) is 8.42. The summed E-state index contributed by atoms with van der Waals surface area (Å²) in [7, 11) is 0. The van der Waals surface area contributed by atoms with Gasteiger partial charge in [0.1, 0.15) is 0 Å². The minimum Gasteiger partial charge on any atom is -0.341 e. The van der Waals surface area contributed by atoms with E-state index in [2.05, 4.69) is 13.0 Å². The van der Waals surface area contributed by atoms with E-state index in [-0.39, 0.29) is 48.1 Å². The van der Waals surface area contributed by atoms with Crippen LogP contribution in [0.25, 0.3) is 0 Å². The van der Waals surface area contributed by atoms with Gasteiger partial charge in [-0.05, 0) is 50.7 Å². The molecule has 4 rings (SSSR count). The molecule has 28 heavy (non-hydrogen) atoms. The molecular formula is C22H32ClN3O2. The third-order valence-corrected chi connectivity index (χ3v) is 6.61. The van der Waals surface area contributed by atoms with E-state index in [9.17, 15) is 9.59 Å². The first-order chi connectivity index (χ1) is 13.1. The zero-order chi connectivity index (χ0) is 19.0. The number of nitrogens with zero attached hydrogens (tertiary/aromatic N) is 2. The summed E-state index contributed by atoms with van der Waals surface area (Å²) in [6.45, 7) is 3.54. The lowest BCUT2D eigenvalue weighted by atomic mass is 9.77. The number of hydrogen-bond donors (Lipinski definition) is 1. The second-order valence-electron chi connectivity index (χ2n) is 8.57. The van der Waals surface area contributed by atoms with E-state index >= 15 is 0 Å². The highest BCUT2D eigenvalue weighted by molar-refractivity contribution is 6.00. The van der Waals surface area contributed by atoms with Gasteiger partial charge in [-0.25, -0.2) is 0 Å². The van der Waals surface area contributed by atoms with Gasteiger partial charge in [-0.2, -0.15) is 0 Å². The van der Waals surface area contributed by atoms with Crippen LogP contribution in [0.4, 0.5) is 5.69 Å². The molecule has 3 aliphatic rings. The van der Waals surface area contributed by atoms with Crippen molar-refractivity contribution in [3.63, 3.8) is 0 Å². The number of halogens is 1. The van der Waals surface area contributed by atoms with Gasteiger partial charge in [0.2, 0.25) is 11.8 Å². The molecule has 6 heteroatoms. The quantitative estimate of drug-likeness (QED) is 0.821. The maximum Gasteiger partial charge on any atom is 0.231 e. The number of likely N-dealkylation sites (tertiary alicyclic amines) is 1. The SMILES string of the molecule is CC1Cc2ccccc2N1C(=O)C1CCCCC1C(=O)N1CCCC(N)C1.Cl. The number of benzene rings is 1.